The van der Waals surface area contributed by atoms with E-state index < -0.39 is 6.04 Å². The smallest absolute Gasteiger partial charge is 0.224 e. The maximum Gasteiger partial charge on any atom is 0.224 e. The van der Waals surface area contributed by atoms with Crippen molar-refractivity contribution in [3.63, 3.8) is 0 Å². The number of carbonyl (C=O) groups is 2. The first kappa shape index (κ1) is 16.4. The Kier molecular flexibility index (Phi) is 3.62. The van der Waals surface area contributed by atoms with Gasteiger partial charge in [-0.2, -0.15) is 0 Å². The molecule has 26 heavy (non-hydrogen) atoms. The van der Waals surface area contributed by atoms with Gasteiger partial charge in [0, 0.05) is 17.3 Å². The van der Waals surface area contributed by atoms with Gasteiger partial charge in [0.05, 0.1) is 23.7 Å². The second-order valence-electron chi connectivity index (χ2n) is 6.61. The van der Waals surface area contributed by atoms with Crippen LogP contribution in [0.3, 0.4) is 0 Å². The van der Waals surface area contributed by atoms with Gasteiger partial charge in [0.25, 0.3) is 0 Å². The van der Waals surface area contributed by atoms with Gasteiger partial charge < -0.3 is 9.72 Å². The maximum atomic E-state index is 12.6. The molecule has 0 radical (unpaired) electrons. The molecular weight excluding hydrogens is 332 g/mol. The Bertz CT molecular complexity index is 1020. The summed E-state index contributed by atoms with van der Waals surface area (Å²) in [6, 6.07) is 4.52. The predicted octanol–water partition coefficient (Wildman–Crippen LogP) is 2.25. The Morgan fingerprint density at radius 2 is 1.85 bits per heavy atom. The van der Waals surface area contributed by atoms with Gasteiger partial charge in [0.2, 0.25) is 5.88 Å². The van der Waals surface area contributed by atoms with E-state index in [2.05, 4.69) is 15.0 Å². The van der Waals surface area contributed by atoms with Gasteiger partial charge >= 0.3 is 0 Å². The summed E-state index contributed by atoms with van der Waals surface area (Å²) in [6.07, 6.45) is 1.67. The van der Waals surface area contributed by atoms with Gasteiger partial charge in [0.15, 0.2) is 11.6 Å². The first-order valence-electron chi connectivity index (χ1n) is 8.21. The second-order valence-corrected chi connectivity index (χ2v) is 6.61. The number of carbonyl (C=O) groups excluding carboxylic acids is 2. The van der Waals surface area contributed by atoms with Crippen LogP contribution in [0, 0.1) is 6.92 Å². The molecule has 0 spiro atoms. The third-order valence-electron chi connectivity index (χ3n) is 4.72. The molecule has 0 saturated heterocycles. The Morgan fingerprint density at radius 1 is 1.15 bits per heavy atom. The summed E-state index contributed by atoms with van der Waals surface area (Å²) in [6.45, 7) is 1.95. The molecule has 1 aliphatic carbocycles. The van der Waals surface area contributed by atoms with Crippen LogP contribution in [0.2, 0.25) is 0 Å². The van der Waals surface area contributed by atoms with Gasteiger partial charge in [-0.3, -0.25) is 14.5 Å². The van der Waals surface area contributed by atoms with Gasteiger partial charge in [-0.05, 0) is 44.8 Å². The largest absolute Gasteiger partial charge is 0.480 e. The van der Waals surface area contributed by atoms with E-state index in [9.17, 15) is 9.59 Å². The highest BCUT2D eigenvalue weighted by atomic mass is 16.5. The zero-order valence-corrected chi connectivity index (χ0v) is 15.0. The molecule has 0 fully saturated rings. The number of fused-ring (bicyclic) bond motifs is 2. The number of likely N-dealkylation sites (N-methyl/N-ethyl adjacent to an activating group) is 1. The van der Waals surface area contributed by atoms with Crippen LogP contribution in [-0.4, -0.2) is 58.7 Å². The molecule has 1 unspecified atom stereocenters. The Balaban J connectivity index is 1.88. The average molecular weight is 350 g/mol. The topological polar surface area (TPSA) is 88.2 Å². The zero-order chi connectivity index (χ0) is 18.6. The number of benzene rings is 1. The van der Waals surface area contributed by atoms with Crippen molar-refractivity contribution >= 4 is 22.6 Å². The molecule has 4 rings (SSSR count). The molecule has 0 bridgehead atoms. The van der Waals surface area contributed by atoms with Crippen LogP contribution in [-0.2, 0) is 0 Å². The van der Waals surface area contributed by atoms with Crippen LogP contribution in [0.15, 0.2) is 24.4 Å². The molecule has 0 aliphatic heterocycles. The van der Waals surface area contributed by atoms with Crippen molar-refractivity contribution in [3.05, 3.63) is 41.1 Å². The number of nitrogens with one attached hydrogen (secondary N) is 1. The number of ketones is 2. The van der Waals surface area contributed by atoms with E-state index in [4.69, 9.17) is 4.74 Å². The fourth-order valence-corrected chi connectivity index (χ4v) is 3.44. The van der Waals surface area contributed by atoms with Crippen molar-refractivity contribution in [1.29, 1.82) is 0 Å². The number of imidazole rings is 1. The molecular formula is C19H18N4O3. The van der Waals surface area contributed by atoms with Crippen LogP contribution in [0.25, 0.3) is 22.4 Å². The molecule has 0 saturated carbocycles. The molecule has 1 aliphatic rings. The Hall–Kier alpha value is -3.06. The van der Waals surface area contributed by atoms with E-state index >= 15 is 0 Å². The molecule has 3 aromatic rings. The van der Waals surface area contributed by atoms with Gasteiger partial charge in [-0.1, -0.05) is 0 Å². The second kappa shape index (κ2) is 5.74. The number of aromatic nitrogens is 3. The lowest BCUT2D eigenvalue weighted by atomic mass is 10.1. The highest BCUT2D eigenvalue weighted by Crippen LogP contribution is 2.33. The molecule has 1 atom stereocenters. The van der Waals surface area contributed by atoms with Gasteiger partial charge in [0.1, 0.15) is 11.9 Å². The first-order valence-corrected chi connectivity index (χ1v) is 8.21. The third-order valence-corrected chi connectivity index (χ3v) is 4.72. The number of nitrogens with zero attached hydrogens (tertiary/aromatic N) is 3. The fraction of sp³-hybridized carbons (Fsp3) is 0.263. The minimum Gasteiger partial charge on any atom is -0.480 e. The van der Waals surface area contributed by atoms with Crippen molar-refractivity contribution in [2.75, 3.05) is 21.2 Å². The Labute approximate surface area is 150 Å². The van der Waals surface area contributed by atoms with E-state index in [1.807, 2.05) is 13.0 Å². The molecule has 7 heteroatoms. The highest BCUT2D eigenvalue weighted by Gasteiger charge is 2.40. The van der Waals surface area contributed by atoms with Crippen molar-refractivity contribution in [3.8, 4) is 17.3 Å². The maximum absolute atomic E-state index is 12.6. The molecule has 132 valence electrons. The number of Topliss-reactive ketones (excluding diaryl/α,β-unsaturated/α-hetero) is 2. The summed E-state index contributed by atoms with van der Waals surface area (Å²) in [5, 5.41) is 0. The zero-order valence-electron chi connectivity index (χ0n) is 15.0. The number of aromatic amines is 1. The first-order chi connectivity index (χ1) is 12.4. The number of ether oxygens (including phenoxy) is 1. The number of hydrogen-bond donors (Lipinski definition) is 1. The SMILES string of the molecule is COc1nccc(C)c1-c1nc2cc3c(cc2[nH]1)C(=O)C(N(C)C)C3=O. The lowest BCUT2D eigenvalue weighted by Gasteiger charge is -2.14. The van der Waals surface area contributed by atoms with Crippen molar-refractivity contribution in [2.24, 2.45) is 0 Å². The lowest BCUT2D eigenvalue weighted by Crippen LogP contribution is -2.37. The predicted molar refractivity (Wildman–Crippen MR) is 96.7 cm³/mol. The molecule has 2 heterocycles. The highest BCUT2D eigenvalue weighted by molar-refractivity contribution is 6.30. The summed E-state index contributed by atoms with van der Waals surface area (Å²) in [5.74, 6) is 0.700. The number of H-pyrrole nitrogens is 1. The van der Waals surface area contributed by atoms with E-state index in [0.29, 0.717) is 33.9 Å². The van der Waals surface area contributed by atoms with Crippen LogP contribution in [0.1, 0.15) is 26.3 Å². The lowest BCUT2D eigenvalue weighted by molar-refractivity contribution is 0.0790. The van der Waals surface area contributed by atoms with Gasteiger partial charge in [-0.25, -0.2) is 9.97 Å². The van der Waals surface area contributed by atoms with Crippen LogP contribution >= 0.6 is 0 Å². The quantitative estimate of drug-likeness (QED) is 0.729. The van der Waals surface area contributed by atoms with Crippen LogP contribution in [0.4, 0.5) is 0 Å². The number of hydrogen-bond acceptors (Lipinski definition) is 6. The minimum atomic E-state index is -0.753. The van der Waals surface area contributed by atoms with Crippen LogP contribution in [0.5, 0.6) is 5.88 Å². The number of methoxy groups -OCH3 is 1. The Morgan fingerprint density at radius 3 is 2.50 bits per heavy atom. The van der Waals surface area contributed by atoms with Crippen LogP contribution < -0.4 is 4.74 Å². The summed E-state index contributed by atoms with van der Waals surface area (Å²) in [4.78, 5) is 38.9. The normalized spacial score (nSPS) is 14.5. The molecule has 1 aromatic carbocycles. The summed E-state index contributed by atoms with van der Waals surface area (Å²) >= 11 is 0. The van der Waals surface area contributed by atoms with Crippen molar-refractivity contribution in [2.45, 2.75) is 13.0 Å². The number of rotatable bonds is 3. The summed E-state index contributed by atoms with van der Waals surface area (Å²) < 4.78 is 5.35. The van der Waals surface area contributed by atoms with E-state index in [-0.39, 0.29) is 11.6 Å². The fourth-order valence-electron chi connectivity index (χ4n) is 3.44. The number of pyridine rings is 1. The monoisotopic (exact) mass is 350 g/mol. The number of aryl methyl sites for hydroxylation is 1. The van der Waals surface area contributed by atoms with E-state index in [1.165, 1.54) is 0 Å². The standard InChI is InChI=1S/C19H18N4O3/c1-9-5-6-20-19(26-4)14(9)18-21-12-7-10-11(8-13(12)22-18)17(25)15(16(10)24)23(2)3/h5-8,15H,1-4H3,(H,21,22). The summed E-state index contributed by atoms with van der Waals surface area (Å²) in [5.41, 5.74) is 3.91. The average Bonchev–Trinajstić information content (AvgIpc) is 3.11. The van der Waals surface area contributed by atoms with Crippen molar-refractivity contribution in [1.82, 2.24) is 19.9 Å². The molecule has 1 N–H and O–H groups in total. The van der Waals surface area contributed by atoms with E-state index in [1.54, 1.807) is 44.4 Å². The molecule has 2 aromatic heterocycles. The summed E-state index contributed by atoms with van der Waals surface area (Å²) in [7, 11) is 5.01. The van der Waals surface area contributed by atoms with Gasteiger partial charge in [-0.15, -0.1) is 0 Å². The molecule has 0 amide bonds. The van der Waals surface area contributed by atoms with Crippen molar-refractivity contribution < 1.29 is 14.3 Å². The molecule has 7 nitrogen and oxygen atoms in total. The minimum absolute atomic E-state index is 0.178. The van der Waals surface area contributed by atoms with E-state index in [0.717, 1.165) is 11.1 Å². The third kappa shape index (κ3) is 2.24.